The number of halogens is 1. The highest BCUT2D eigenvalue weighted by atomic mass is 79.9. The topological polar surface area (TPSA) is 32.3 Å². The van der Waals surface area contributed by atoms with Crippen molar-refractivity contribution in [2.45, 2.75) is 25.1 Å². The molecule has 1 aromatic carbocycles. The van der Waals surface area contributed by atoms with Gasteiger partial charge in [-0.05, 0) is 31.2 Å². The Hall–Kier alpha value is -0.520. The lowest BCUT2D eigenvalue weighted by Gasteiger charge is -2.36. The van der Waals surface area contributed by atoms with Gasteiger partial charge in [-0.25, -0.2) is 0 Å². The highest BCUT2D eigenvalue weighted by molar-refractivity contribution is 9.10. The Kier molecular flexibility index (Phi) is 5.30. The first-order chi connectivity index (χ1) is 9.06. The van der Waals surface area contributed by atoms with Gasteiger partial charge in [-0.15, -0.1) is 0 Å². The van der Waals surface area contributed by atoms with Gasteiger partial charge in [0.25, 0.3) is 0 Å². The van der Waals surface area contributed by atoms with Crippen LogP contribution in [0, 0.1) is 0 Å². The third kappa shape index (κ3) is 4.23. The number of thioether (sulfide) groups is 1. The minimum Gasteiger partial charge on any atom is -0.325 e. The summed E-state index contributed by atoms with van der Waals surface area (Å²) in [5.74, 6) is 1.17. The molecule has 1 heterocycles. The van der Waals surface area contributed by atoms with Crippen molar-refractivity contribution in [1.29, 1.82) is 0 Å². The Labute approximate surface area is 127 Å². The van der Waals surface area contributed by atoms with E-state index in [-0.39, 0.29) is 5.91 Å². The molecule has 1 amide bonds. The molecule has 1 N–H and O–H groups in total. The summed E-state index contributed by atoms with van der Waals surface area (Å²) in [6.07, 6.45) is 0. The van der Waals surface area contributed by atoms with Crippen LogP contribution >= 0.6 is 27.7 Å². The molecule has 1 saturated heterocycles. The van der Waals surface area contributed by atoms with E-state index in [0.29, 0.717) is 17.8 Å². The molecule has 3 nitrogen and oxygen atoms in total. The molecule has 19 heavy (non-hydrogen) atoms. The SMILES string of the molecule is CC1SCCN(CC(=O)Nc2ccc(Br)cc2)C1C. The molecule has 104 valence electrons. The lowest BCUT2D eigenvalue weighted by atomic mass is 10.2. The maximum absolute atomic E-state index is 12.0. The van der Waals surface area contributed by atoms with Gasteiger partial charge < -0.3 is 5.32 Å². The third-order valence-corrected chi connectivity index (χ3v) is 5.36. The van der Waals surface area contributed by atoms with Crippen LogP contribution < -0.4 is 5.32 Å². The van der Waals surface area contributed by atoms with Gasteiger partial charge in [-0.1, -0.05) is 22.9 Å². The van der Waals surface area contributed by atoms with Crippen molar-refractivity contribution < 1.29 is 4.79 Å². The zero-order chi connectivity index (χ0) is 13.8. The van der Waals surface area contributed by atoms with Gasteiger partial charge in [0.2, 0.25) is 5.91 Å². The van der Waals surface area contributed by atoms with E-state index in [2.05, 4.69) is 40.0 Å². The number of anilines is 1. The summed E-state index contributed by atoms with van der Waals surface area (Å²) in [5.41, 5.74) is 0.847. The Bertz CT molecular complexity index is 438. The summed E-state index contributed by atoms with van der Waals surface area (Å²) in [4.78, 5) is 14.3. The van der Waals surface area contributed by atoms with Crippen molar-refractivity contribution >= 4 is 39.3 Å². The fourth-order valence-corrected chi connectivity index (χ4v) is 3.56. The quantitative estimate of drug-likeness (QED) is 0.915. The number of hydrogen-bond acceptors (Lipinski definition) is 3. The molecule has 0 aliphatic carbocycles. The predicted octanol–water partition coefficient (Wildman–Crippen LogP) is 3.21. The summed E-state index contributed by atoms with van der Waals surface area (Å²) >= 11 is 5.37. The van der Waals surface area contributed by atoms with Crippen LogP contribution in [0.5, 0.6) is 0 Å². The summed E-state index contributed by atoms with van der Waals surface area (Å²) in [6, 6.07) is 8.12. The standard InChI is InChI=1S/C14H19BrN2OS/c1-10-11(2)19-8-7-17(10)9-14(18)16-13-5-3-12(15)4-6-13/h3-6,10-11H,7-9H2,1-2H3,(H,16,18). The van der Waals surface area contributed by atoms with E-state index in [1.54, 1.807) is 0 Å². The first kappa shape index (κ1) is 14.9. The molecule has 0 saturated carbocycles. The molecule has 0 spiro atoms. The number of carbonyl (C=O) groups is 1. The normalized spacial score (nSPS) is 24.2. The molecule has 5 heteroatoms. The second-order valence-corrected chi connectivity index (χ2v) is 7.24. The van der Waals surface area contributed by atoms with Crippen LogP contribution in [0.2, 0.25) is 0 Å². The van der Waals surface area contributed by atoms with Crippen molar-refractivity contribution in [3.63, 3.8) is 0 Å². The van der Waals surface area contributed by atoms with Crippen LogP contribution in [0.4, 0.5) is 5.69 Å². The van der Waals surface area contributed by atoms with Crippen LogP contribution in [-0.2, 0) is 4.79 Å². The van der Waals surface area contributed by atoms with E-state index < -0.39 is 0 Å². The average Bonchev–Trinajstić information content (AvgIpc) is 2.38. The first-order valence-corrected chi connectivity index (χ1v) is 8.31. The second kappa shape index (κ2) is 6.77. The monoisotopic (exact) mass is 342 g/mol. The van der Waals surface area contributed by atoms with Crippen LogP contribution in [0.3, 0.4) is 0 Å². The van der Waals surface area contributed by atoms with E-state index in [1.807, 2.05) is 36.0 Å². The van der Waals surface area contributed by atoms with Gasteiger partial charge >= 0.3 is 0 Å². The number of nitrogens with one attached hydrogen (secondary N) is 1. The van der Waals surface area contributed by atoms with E-state index in [1.165, 1.54) is 0 Å². The van der Waals surface area contributed by atoms with Gasteiger partial charge in [0.15, 0.2) is 0 Å². The molecule has 0 radical (unpaired) electrons. The average molecular weight is 343 g/mol. The first-order valence-electron chi connectivity index (χ1n) is 6.47. The van der Waals surface area contributed by atoms with Crippen molar-refractivity contribution in [3.8, 4) is 0 Å². The molecule has 1 aliphatic heterocycles. The molecule has 0 aromatic heterocycles. The zero-order valence-electron chi connectivity index (χ0n) is 11.2. The molecule has 2 atom stereocenters. The van der Waals surface area contributed by atoms with Gasteiger partial charge in [0.05, 0.1) is 6.54 Å². The van der Waals surface area contributed by atoms with Gasteiger partial charge in [0.1, 0.15) is 0 Å². The molecule has 1 aromatic rings. The van der Waals surface area contributed by atoms with Crippen LogP contribution in [0.15, 0.2) is 28.7 Å². The summed E-state index contributed by atoms with van der Waals surface area (Å²) < 4.78 is 1.01. The van der Waals surface area contributed by atoms with Gasteiger partial charge in [0, 0.05) is 33.7 Å². The summed E-state index contributed by atoms with van der Waals surface area (Å²) in [7, 11) is 0. The maximum atomic E-state index is 12.0. The van der Waals surface area contributed by atoms with Crippen molar-refractivity contribution in [2.75, 3.05) is 24.2 Å². The summed E-state index contributed by atoms with van der Waals surface area (Å²) in [5, 5.41) is 3.54. The van der Waals surface area contributed by atoms with Gasteiger partial charge in [-0.3, -0.25) is 9.69 Å². The Morgan fingerprint density at radius 1 is 1.42 bits per heavy atom. The molecular formula is C14H19BrN2OS. The lowest BCUT2D eigenvalue weighted by molar-refractivity contribution is -0.117. The van der Waals surface area contributed by atoms with E-state index in [0.717, 1.165) is 22.5 Å². The molecule has 1 fully saturated rings. The molecule has 2 unspecified atom stereocenters. The Balaban J connectivity index is 1.88. The number of amides is 1. The third-order valence-electron chi connectivity index (χ3n) is 3.49. The van der Waals surface area contributed by atoms with Crippen molar-refractivity contribution in [3.05, 3.63) is 28.7 Å². The van der Waals surface area contributed by atoms with Crippen molar-refractivity contribution in [2.24, 2.45) is 0 Å². The molecule has 0 bridgehead atoms. The number of rotatable bonds is 3. The Morgan fingerprint density at radius 3 is 2.79 bits per heavy atom. The van der Waals surface area contributed by atoms with Crippen molar-refractivity contribution in [1.82, 2.24) is 4.90 Å². The maximum Gasteiger partial charge on any atom is 0.238 e. The Morgan fingerprint density at radius 2 is 2.11 bits per heavy atom. The number of hydrogen-bond donors (Lipinski definition) is 1. The minimum absolute atomic E-state index is 0.0632. The van der Waals surface area contributed by atoms with Crippen LogP contribution in [-0.4, -0.2) is 40.9 Å². The largest absolute Gasteiger partial charge is 0.325 e. The fourth-order valence-electron chi connectivity index (χ4n) is 2.14. The second-order valence-electron chi connectivity index (χ2n) is 4.84. The zero-order valence-corrected chi connectivity index (χ0v) is 13.6. The van der Waals surface area contributed by atoms with E-state index in [4.69, 9.17) is 0 Å². The minimum atomic E-state index is 0.0632. The van der Waals surface area contributed by atoms with Gasteiger partial charge in [-0.2, -0.15) is 11.8 Å². The number of nitrogens with zero attached hydrogens (tertiary/aromatic N) is 1. The van der Waals surface area contributed by atoms with Crippen LogP contribution in [0.1, 0.15) is 13.8 Å². The van der Waals surface area contributed by atoms with E-state index >= 15 is 0 Å². The van der Waals surface area contributed by atoms with E-state index in [9.17, 15) is 4.79 Å². The number of carbonyl (C=O) groups excluding carboxylic acids is 1. The molecule has 1 aliphatic rings. The van der Waals surface area contributed by atoms with Crippen LogP contribution in [0.25, 0.3) is 0 Å². The predicted molar refractivity (Wildman–Crippen MR) is 85.7 cm³/mol. The highest BCUT2D eigenvalue weighted by Gasteiger charge is 2.26. The fraction of sp³-hybridized carbons (Fsp3) is 0.500. The molecule has 2 rings (SSSR count). The molecular weight excluding hydrogens is 324 g/mol. The lowest BCUT2D eigenvalue weighted by Crippen LogP contribution is -2.47. The smallest absolute Gasteiger partial charge is 0.238 e. The number of benzene rings is 1. The summed E-state index contributed by atoms with van der Waals surface area (Å²) in [6.45, 7) is 5.89. The highest BCUT2D eigenvalue weighted by Crippen LogP contribution is 2.24.